The van der Waals surface area contributed by atoms with E-state index in [0.717, 1.165) is 18.1 Å². The highest BCUT2D eigenvalue weighted by atomic mass is 16.5. The normalized spacial score (nSPS) is 12.7. The van der Waals surface area contributed by atoms with E-state index in [9.17, 15) is 0 Å². The van der Waals surface area contributed by atoms with E-state index < -0.39 is 0 Å². The molecule has 1 heterocycles. The molecule has 2 aromatic rings. The molecule has 0 fully saturated rings. The average molecular weight is 273 g/mol. The van der Waals surface area contributed by atoms with Crippen molar-refractivity contribution in [2.75, 3.05) is 6.54 Å². The lowest BCUT2D eigenvalue weighted by molar-refractivity contribution is 0.242. The Hall–Kier alpha value is -1.81. The molecule has 1 aromatic heterocycles. The summed E-state index contributed by atoms with van der Waals surface area (Å²) < 4.78 is 7.82. The Morgan fingerprint density at radius 3 is 2.75 bits per heavy atom. The largest absolute Gasteiger partial charge is 0.491 e. The molecule has 0 radical (unpaired) electrons. The molecule has 4 nitrogen and oxygen atoms in total. The second kappa shape index (κ2) is 6.57. The maximum absolute atomic E-state index is 5.78. The summed E-state index contributed by atoms with van der Waals surface area (Å²) >= 11 is 0. The highest BCUT2D eigenvalue weighted by Gasteiger charge is 2.17. The first-order valence-electron chi connectivity index (χ1n) is 7.09. The van der Waals surface area contributed by atoms with Crippen LogP contribution in [0.4, 0.5) is 0 Å². The second-order valence-electron chi connectivity index (χ2n) is 5.13. The number of hydrogen-bond acceptors (Lipinski definition) is 3. The quantitative estimate of drug-likeness (QED) is 0.879. The smallest absolute Gasteiger partial charge is 0.130 e. The zero-order valence-electron chi connectivity index (χ0n) is 12.6. The van der Waals surface area contributed by atoms with E-state index in [0.29, 0.717) is 0 Å². The summed E-state index contributed by atoms with van der Waals surface area (Å²) in [5, 5.41) is 3.48. The molecule has 0 aliphatic rings. The van der Waals surface area contributed by atoms with Gasteiger partial charge < -0.3 is 14.6 Å². The van der Waals surface area contributed by atoms with Crippen LogP contribution in [0.25, 0.3) is 0 Å². The van der Waals surface area contributed by atoms with Crippen LogP contribution in [-0.4, -0.2) is 22.2 Å². The van der Waals surface area contributed by atoms with Gasteiger partial charge in [-0.05, 0) is 38.1 Å². The van der Waals surface area contributed by atoms with E-state index in [-0.39, 0.29) is 12.1 Å². The van der Waals surface area contributed by atoms with E-state index in [2.05, 4.69) is 29.4 Å². The van der Waals surface area contributed by atoms with Crippen LogP contribution in [0.1, 0.15) is 38.2 Å². The van der Waals surface area contributed by atoms with E-state index in [1.807, 2.05) is 50.0 Å². The highest BCUT2D eigenvalue weighted by molar-refractivity contribution is 5.33. The predicted octanol–water partition coefficient (Wildman–Crippen LogP) is 2.91. The van der Waals surface area contributed by atoms with Gasteiger partial charge in [0.25, 0.3) is 0 Å². The number of nitrogens with zero attached hydrogens (tertiary/aromatic N) is 2. The zero-order valence-corrected chi connectivity index (χ0v) is 12.6. The Labute approximate surface area is 120 Å². The monoisotopic (exact) mass is 273 g/mol. The molecule has 108 valence electrons. The van der Waals surface area contributed by atoms with Crippen molar-refractivity contribution in [3.63, 3.8) is 0 Å². The fraction of sp³-hybridized carbons (Fsp3) is 0.438. The van der Waals surface area contributed by atoms with Gasteiger partial charge in [-0.2, -0.15) is 0 Å². The van der Waals surface area contributed by atoms with Crippen LogP contribution < -0.4 is 10.1 Å². The molecular formula is C16H23N3O. The van der Waals surface area contributed by atoms with Crippen molar-refractivity contribution in [2.24, 2.45) is 7.05 Å². The minimum absolute atomic E-state index is 0.0794. The summed E-state index contributed by atoms with van der Waals surface area (Å²) in [5.41, 5.74) is 1.17. The van der Waals surface area contributed by atoms with E-state index in [4.69, 9.17) is 4.74 Å². The van der Waals surface area contributed by atoms with Crippen molar-refractivity contribution < 1.29 is 4.74 Å². The van der Waals surface area contributed by atoms with Crippen LogP contribution in [0.5, 0.6) is 5.75 Å². The van der Waals surface area contributed by atoms with Gasteiger partial charge in [-0.15, -0.1) is 0 Å². The number of hydrogen-bond donors (Lipinski definition) is 1. The molecule has 0 saturated heterocycles. The first kappa shape index (κ1) is 14.6. The molecule has 0 bridgehead atoms. The summed E-state index contributed by atoms with van der Waals surface area (Å²) in [6.45, 7) is 7.05. The molecule has 0 aliphatic heterocycles. The maximum atomic E-state index is 5.78. The first-order chi connectivity index (χ1) is 9.61. The van der Waals surface area contributed by atoms with Gasteiger partial charge in [-0.1, -0.05) is 19.1 Å². The third-order valence-electron chi connectivity index (χ3n) is 3.09. The first-order valence-corrected chi connectivity index (χ1v) is 7.09. The average Bonchev–Trinajstić information content (AvgIpc) is 2.81. The van der Waals surface area contributed by atoms with Crippen LogP contribution in [0, 0.1) is 0 Å². The van der Waals surface area contributed by atoms with Gasteiger partial charge in [0.05, 0.1) is 12.1 Å². The Bertz CT molecular complexity index is 548. The maximum Gasteiger partial charge on any atom is 0.130 e. The minimum Gasteiger partial charge on any atom is -0.491 e. The van der Waals surface area contributed by atoms with Crippen molar-refractivity contribution >= 4 is 0 Å². The summed E-state index contributed by atoms with van der Waals surface area (Å²) in [5.74, 6) is 1.91. The third kappa shape index (κ3) is 3.39. The SMILES string of the molecule is CCNC(c1cccc(OC(C)C)c1)c1nccn1C. The Balaban J connectivity index is 2.32. The van der Waals surface area contributed by atoms with E-state index >= 15 is 0 Å². The lowest BCUT2D eigenvalue weighted by Crippen LogP contribution is -2.24. The number of ether oxygens (including phenoxy) is 1. The summed E-state index contributed by atoms with van der Waals surface area (Å²) in [7, 11) is 2.02. The van der Waals surface area contributed by atoms with Crippen LogP contribution in [0.3, 0.4) is 0 Å². The highest BCUT2D eigenvalue weighted by Crippen LogP contribution is 2.24. The molecule has 1 atom stereocenters. The minimum atomic E-state index is 0.0794. The van der Waals surface area contributed by atoms with Crippen molar-refractivity contribution in [2.45, 2.75) is 32.9 Å². The summed E-state index contributed by atoms with van der Waals surface area (Å²) in [4.78, 5) is 4.46. The molecule has 1 unspecified atom stereocenters. The number of imidazole rings is 1. The predicted molar refractivity (Wildman–Crippen MR) is 80.9 cm³/mol. The van der Waals surface area contributed by atoms with E-state index in [1.54, 1.807) is 0 Å². The van der Waals surface area contributed by atoms with Gasteiger partial charge in [0, 0.05) is 19.4 Å². The fourth-order valence-corrected chi connectivity index (χ4v) is 2.26. The van der Waals surface area contributed by atoms with Crippen molar-refractivity contribution in [3.8, 4) is 5.75 Å². The second-order valence-corrected chi connectivity index (χ2v) is 5.13. The van der Waals surface area contributed by atoms with Gasteiger partial charge in [0.2, 0.25) is 0 Å². The number of benzene rings is 1. The summed E-state index contributed by atoms with van der Waals surface area (Å²) in [6, 6.07) is 8.29. The Morgan fingerprint density at radius 2 is 2.15 bits per heavy atom. The topological polar surface area (TPSA) is 39.1 Å². The number of nitrogens with one attached hydrogen (secondary N) is 1. The van der Waals surface area contributed by atoms with Crippen molar-refractivity contribution in [1.82, 2.24) is 14.9 Å². The van der Waals surface area contributed by atoms with Gasteiger partial charge in [-0.25, -0.2) is 4.98 Å². The molecule has 0 spiro atoms. The molecule has 1 N–H and O–H groups in total. The van der Waals surface area contributed by atoms with Crippen LogP contribution in [0.15, 0.2) is 36.7 Å². The standard InChI is InChI=1S/C16H23N3O/c1-5-17-15(16-18-9-10-19(16)4)13-7-6-8-14(11-13)20-12(2)3/h6-12,15,17H,5H2,1-4H3. The van der Waals surface area contributed by atoms with Gasteiger partial charge >= 0.3 is 0 Å². The molecule has 0 saturated carbocycles. The van der Waals surface area contributed by atoms with Gasteiger partial charge in [-0.3, -0.25) is 0 Å². The lowest BCUT2D eigenvalue weighted by atomic mass is 10.1. The molecule has 0 aliphatic carbocycles. The van der Waals surface area contributed by atoms with Crippen LogP contribution in [0.2, 0.25) is 0 Å². The molecular weight excluding hydrogens is 250 g/mol. The number of aryl methyl sites for hydroxylation is 1. The third-order valence-corrected chi connectivity index (χ3v) is 3.09. The van der Waals surface area contributed by atoms with Crippen molar-refractivity contribution in [3.05, 3.63) is 48.0 Å². The summed E-state index contributed by atoms with van der Waals surface area (Å²) in [6.07, 6.45) is 3.97. The van der Waals surface area contributed by atoms with Crippen molar-refractivity contribution in [1.29, 1.82) is 0 Å². The molecule has 20 heavy (non-hydrogen) atoms. The zero-order chi connectivity index (χ0) is 14.5. The number of aromatic nitrogens is 2. The van der Waals surface area contributed by atoms with Gasteiger partial charge in [0.1, 0.15) is 11.6 Å². The molecule has 2 rings (SSSR count). The Morgan fingerprint density at radius 1 is 1.35 bits per heavy atom. The fourth-order valence-electron chi connectivity index (χ4n) is 2.26. The van der Waals surface area contributed by atoms with E-state index in [1.165, 1.54) is 5.56 Å². The molecule has 0 amide bonds. The lowest BCUT2D eigenvalue weighted by Gasteiger charge is -2.19. The Kier molecular flexibility index (Phi) is 4.79. The van der Waals surface area contributed by atoms with Gasteiger partial charge in [0.15, 0.2) is 0 Å². The number of rotatable bonds is 6. The molecule has 4 heteroatoms. The van der Waals surface area contributed by atoms with Crippen LogP contribution in [-0.2, 0) is 7.05 Å². The van der Waals surface area contributed by atoms with Crippen LogP contribution >= 0.6 is 0 Å². The molecule has 1 aromatic carbocycles.